The van der Waals surface area contributed by atoms with Gasteiger partial charge < -0.3 is 10.1 Å². The summed E-state index contributed by atoms with van der Waals surface area (Å²) >= 11 is 0. The lowest BCUT2D eigenvalue weighted by Gasteiger charge is -2.26. The van der Waals surface area contributed by atoms with Crippen LogP contribution in [0.5, 0.6) is 0 Å². The van der Waals surface area contributed by atoms with Crippen molar-refractivity contribution >= 4 is 22.4 Å². The van der Waals surface area contributed by atoms with Gasteiger partial charge in [0, 0.05) is 41.7 Å². The van der Waals surface area contributed by atoms with Gasteiger partial charge in [0.2, 0.25) is 0 Å². The van der Waals surface area contributed by atoms with Crippen molar-refractivity contribution in [1.82, 2.24) is 4.98 Å². The minimum atomic E-state index is -0.00268. The van der Waals surface area contributed by atoms with Crippen molar-refractivity contribution < 1.29 is 9.90 Å². The summed E-state index contributed by atoms with van der Waals surface area (Å²) in [7, 11) is 0. The molecule has 4 heteroatoms. The molecule has 0 unspecified atom stereocenters. The number of Topliss-reactive ketones (excluding diaryl/α,β-unsaturated/α-hetero) is 1. The third kappa shape index (κ3) is 4.34. The molecular weight excluding hydrogens is 384 g/mol. The molecule has 1 fully saturated rings. The number of allylic oxidation sites excluding steroid dienone is 2. The Balaban J connectivity index is 1.62. The number of H-pyrrole nitrogens is 1. The van der Waals surface area contributed by atoms with E-state index in [9.17, 15) is 9.90 Å². The highest BCUT2D eigenvalue weighted by atomic mass is 16.3. The number of aryl methyl sites for hydroxylation is 2. The van der Waals surface area contributed by atoms with Crippen LogP contribution in [0, 0.1) is 13.8 Å². The van der Waals surface area contributed by atoms with Gasteiger partial charge in [-0.2, -0.15) is 0 Å². The number of rotatable bonds is 5. The lowest BCUT2D eigenvalue weighted by Crippen LogP contribution is -2.27. The molecule has 2 N–H and O–H groups in total. The SMILES string of the molecule is CCC(O)=C1C(=O)C[C@H](c2ccccc2)CC1=NCCc1c(C)[nH]c2ccc(C)cc12. The van der Waals surface area contributed by atoms with E-state index in [-0.39, 0.29) is 17.5 Å². The average molecular weight is 415 g/mol. The van der Waals surface area contributed by atoms with Crippen LogP contribution in [0.2, 0.25) is 0 Å². The van der Waals surface area contributed by atoms with E-state index in [4.69, 9.17) is 4.99 Å². The van der Waals surface area contributed by atoms with E-state index in [2.05, 4.69) is 49.2 Å². The number of hydrogen-bond donors (Lipinski definition) is 2. The summed E-state index contributed by atoms with van der Waals surface area (Å²) in [4.78, 5) is 21.3. The zero-order valence-corrected chi connectivity index (χ0v) is 18.5. The minimum absolute atomic E-state index is 0.00268. The van der Waals surface area contributed by atoms with Crippen LogP contribution in [-0.4, -0.2) is 28.1 Å². The number of carbonyl (C=O) groups excluding carboxylic acids is 1. The molecule has 1 saturated carbocycles. The quantitative estimate of drug-likeness (QED) is 0.389. The molecule has 3 aromatic rings. The normalized spacial score (nSPS) is 19.9. The molecule has 0 bridgehead atoms. The first kappa shape index (κ1) is 21.1. The maximum Gasteiger partial charge on any atom is 0.168 e. The molecule has 0 amide bonds. The molecule has 1 atom stereocenters. The molecule has 160 valence electrons. The molecule has 1 aromatic heterocycles. The van der Waals surface area contributed by atoms with Gasteiger partial charge in [0.15, 0.2) is 5.78 Å². The first-order valence-corrected chi connectivity index (χ1v) is 11.1. The third-order valence-corrected chi connectivity index (χ3v) is 6.27. The van der Waals surface area contributed by atoms with Crippen molar-refractivity contribution in [1.29, 1.82) is 0 Å². The maximum atomic E-state index is 12.9. The van der Waals surface area contributed by atoms with Crippen molar-refractivity contribution in [3.8, 4) is 0 Å². The number of aliphatic hydroxyl groups is 1. The Morgan fingerprint density at radius 1 is 1.13 bits per heavy atom. The standard InChI is InChI=1S/C27H30N2O2/c1-4-25(30)27-24(15-20(16-26(27)31)19-8-6-5-7-9-19)28-13-12-21-18(3)29-23-11-10-17(2)14-22(21)23/h5-11,14,20,29-30H,4,12-13,15-16H2,1-3H3/t20-/m1/s1. The smallest absolute Gasteiger partial charge is 0.168 e. The van der Waals surface area contributed by atoms with Crippen molar-refractivity contribution in [3.63, 3.8) is 0 Å². The molecule has 1 aliphatic rings. The Morgan fingerprint density at radius 3 is 2.65 bits per heavy atom. The van der Waals surface area contributed by atoms with Crippen molar-refractivity contribution in [2.75, 3.05) is 6.54 Å². The molecule has 0 saturated heterocycles. The van der Waals surface area contributed by atoms with E-state index >= 15 is 0 Å². The first-order valence-electron chi connectivity index (χ1n) is 11.1. The molecule has 31 heavy (non-hydrogen) atoms. The van der Waals surface area contributed by atoms with Gasteiger partial charge in [-0.1, -0.05) is 48.9 Å². The molecular formula is C27H30N2O2. The summed E-state index contributed by atoms with van der Waals surface area (Å²) in [6, 6.07) is 16.6. The van der Waals surface area contributed by atoms with Crippen LogP contribution in [0.25, 0.3) is 10.9 Å². The number of aliphatic imine (C=N–C) groups is 1. The van der Waals surface area contributed by atoms with E-state index in [0.717, 1.165) is 28.9 Å². The van der Waals surface area contributed by atoms with Crippen LogP contribution in [0.1, 0.15) is 54.5 Å². The lowest BCUT2D eigenvalue weighted by molar-refractivity contribution is -0.115. The molecule has 4 rings (SSSR count). The first-order chi connectivity index (χ1) is 15.0. The monoisotopic (exact) mass is 414 g/mol. The zero-order chi connectivity index (χ0) is 22.0. The van der Waals surface area contributed by atoms with Gasteiger partial charge in [-0.15, -0.1) is 0 Å². The van der Waals surface area contributed by atoms with Crippen molar-refractivity contribution in [2.24, 2.45) is 4.99 Å². The predicted molar refractivity (Wildman–Crippen MR) is 127 cm³/mol. The number of aromatic amines is 1. The van der Waals surface area contributed by atoms with E-state index in [1.165, 1.54) is 16.5 Å². The molecule has 0 spiro atoms. The highest BCUT2D eigenvalue weighted by molar-refractivity contribution is 6.24. The van der Waals surface area contributed by atoms with Crippen LogP contribution >= 0.6 is 0 Å². The largest absolute Gasteiger partial charge is 0.512 e. The topological polar surface area (TPSA) is 65.4 Å². The average Bonchev–Trinajstić information content (AvgIpc) is 3.08. The fourth-order valence-corrected chi connectivity index (χ4v) is 4.62. The van der Waals surface area contributed by atoms with Crippen LogP contribution in [0.3, 0.4) is 0 Å². The van der Waals surface area contributed by atoms with Gasteiger partial charge in [0.1, 0.15) is 5.76 Å². The van der Waals surface area contributed by atoms with E-state index < -0.39 is 0 Å². The maximum absolute atomic E-state index is 12.9. The Bertz CT molecular complexity index is 1170. The number of benzene rings is 2. The second-order valence-corrected chi connectivity index (χ2v) is 8.47. The van der Waals surface area contributed by atoms with E-state index in [1.54, 1.807) is 0 Å². The van der Waals surface area contributed by atoms with Gasteiger partial charge in [-0.25, -0.2) is 0 Å². The molecule has 1 heterocycles. The number of nitrogens with one attached hydrogen (secondary N) is 1. The summed E-state index contributed by atoms with van der Waals surface area (Å²) in [5.41, 5.74) is 7.17. The van der Waals surface area contributed by atoms with Gasteiger partial charge >= 0.3 is 0 Å². The Morgan fingerprint density at radius 2 is 1.90 bits per heavy atom. The van der Waals surface area contributed by atoms with Crippen LogP contribution < -0.4 is 0 Å². The summed E-state index contributed by atoms with van der Waals surface area (Å²) in [5, 5.41) is 11.7. The summed E-state index contributed by atoms with van der Waals surface area (Å²) in [6.07, 6.45) is 2.34. The third-order valence-electron chi connectivity index (χ3n) is 6.27. The van der Waals surface area contributed by atoms with Crippen LogP contribution in [0.4, 0.5) is 0 Å². The van der Waals surface area contributed by atoms with E-state index in [0.29, 0.717) is 31.4 Å². The Labute approximate surface area is 183 Å². The summed E-state index contributed by atoms with van der Waals surface area (Å²) < 4.78 is 0. The predicted octanol–water partition coefficient (Wildman–Crippen LogP) is 6.14. The van der Waals surface area contributed by atoms with Gasteiger partial charge in [-0.3, -0.25) is 9.79 Å². The second-order valence-electron chi connectivity index (χ2n) is 8.47. The number of fused-ring (bicyclic) bond motifs is 1. The molecule has 0 aliphatic heterocycles. The molecule has 2 aromatic carbocycles. The van der Waals surface area contributed by atoms with Crippen molar-refractivity contribution in [3.05, 3.63) is 82.2 Å². The minimum Gasteiger partial charge on any atom is -0.512 e. The van der Waals surface area contributed by atoms with Crippen molar-refractivity contribution in [2.45, 2.75) is 52.4 Å². The van der Waals surface area contributed by atoms with E-state index in [1.807, 2.05) is 25.1 Å². The fourth-order valence-electron chi connectivity index (χ4n) is 4.62. The second kappa shape index (κ2) is 8.93. The van der Waals surface area contributed by atoms with Crippen LogP contribution in [0.15, 0.2) is 64.9 Å². The Kier molecular flexibility index (Phi) is 6.08. The van der Waals surface area contributed by atoms with Gasteiger partial charge in [0.25, 0.3) is 0 Å². The number of aromatic nitrogens is 1. The number of hydrogen-bond acceptors (Lipinski definition) is 3. The molecule has 0 radical (unpaired) electrons. The highest BCUT2D eigenvalue weighted by Gasteiger charge is 2.31. The van der Waals surface area contributed by atoms with Gasteiger partial charge in [-0.05, 0) is 55.9 Å². The Hall–Kier alpha value is -3.14. The number of aliphatic hydroxyl groups excluding tert-OH is 1. The molecule has 4 nitrogen and oxygen atoms in total. The highest BCUT2D eigenvalue weighted by Crippen LogP contribution is 2.33. The van der Waals surface area contributed by atoms with Crippen LogP contribution in [-0.2, 0) is 11.2 Å². The summed E-state index contributed by atoms with van der Waals surface area (Å²) in [5.74, 6) is 0.268. The number of nitrogens with zero attached hydrogens (tertiary/aromatic N) is 1. The molecule has 1 aliphatic carbocycles. The summed E-state index contributed by atoms with van der Waals surface area (Å²) in [6.45, 7) is 6.66. The lowest BCUT2D eigenvalue weighted by atomic mass is 9.79. The number of carbonyl (C=O) groups is 1. The zero-order valence-electron chi connectivity index (χ0n) is 18.5. The number of ketones is 1. The fraction of sp³-hybridized carbons (Fsp3) is 0.333. The van der Waals surface area contributed by atoms with Gasteiger partial charge in [0.05, 0.1) is 5.57 Å².